The molecule has 3 nitrogen and oxygen atoms in total. The Balaban J connectivity index is 2.38. The van der Waals surface area contributed by atoms with Crippen molar-refractivity contribution in [2.75, 3.05) is 5.73 Å². The Hall–Kier alpha value is -1.90. The molecule has 1 aromatic carbocycles. The summed E-state index contributed by atoms with van der Waals surface area (Å²) in [4.78, 5) is 16.8. The highest BCUT2D eigenvalue weighted by Gasteiger charge is 2.18. The van der Waals surface area contributed by atoms with E-state index >= 15 is 0 Å². The number of carbonyl (C=O) groups is 1. The largest absolute Gasteiger partial charge is 0.398 e. The Morgan fingerprint density at radius 2 is 1.95 bits per heavy atom. The van der Waals surface area contributed by atoms with Gasteiger partial charge < -0.3 is 5.73 Å². The number of para-hydroxylation sites is 1. The summed E-state index contributed by atoms with van der Waals surface area (Å²) in [5.74, 6) is 0.552. The Labute approximate surface area is 113 Å². The van der Waals surface area contributed by atoms with Gasteiger partial charge in [-0.3, -0.25) is 4.79 Å². The number of hydrogen-bond acceptors (Lipinski definition) is 3. The van der Waals surface area contributed by atoms with Crippen LogP contribution in [-0.2, 0) is 0 Å². The molecule has 3 heteroatoms. The van der Waals surface area contributed by atoms with E-state index in [4.69, 9.17) is 5.73 Å². The normalized spacial score (nSPS) is 12.8. The molecule has 0 amide bonds. The Kier molecular flexibility index (Phi) is 3.84. The molecule has 1 atom stereocenters. The molecule has 100 valence electrons. The van der Waals surface area contributed by atoms with Crippen molar-refractivity contribution in [3.63, 3.8) is 0 Å². The lowest BCUT2D eigenvalue weighted by Crippen LogP contribution is -2.15. The summed E-state index contributed by atoms with van der Waals surface area (Å²) in [6.45, 7) is 6.19. The number of benzene rings is 1. The highest BCUT2D eigenvalue weighted by atomic mass is 16.1. The van der Waals surface area contributed by atoms with E-state index in [1.807, 2.05) is 31.2 Å². The number of hydrogen-bond donors (Lipinski definition) is 1. The van der Waals surface area contributed by atoms with Gasteiger partial charge >= 0.3 is 0 Å². The molecule has 0 bridgehead atoms. The predicted molar refractivity (Wildman–Crippen MR) is 79.1 cm³/mol. The topological polar surface area (TPSA) is 56.0 Å². The van der Waals surface area contributed by atoms with Gasteiger partial charge in [-0.1, -0.05) is 39.0 Å². The lowest BCUT2D eigenvalue weighted by molar-refractivity contribution is 0.0910. The van der Waals surface area contributed by atoms with Crippen molar-refractivity contribution < 1.29 is 4.79 Å². The van der Waals surface area contributed by atoms with Gasteiger partial charge in [-0.2, -0.15) is 0 Å². The van der Waals surface area contributed by atoms with Gasteiger partial charge in [0, 0.05) is 17.0 Å². The van der Waals surface area contributed by atoms with Gasteiger partial charge in [-0.05, 0) is 24.5 Å². The first kappa shape index (κ1) is 13.5. The fourth-order valence-corrected chi connectivity index (χ4v) is 2.40. The molecule has 0 fully saturated rings. The number of pyridine rings is 1. The second kappa shape index (κ2) is 5.39. The molecule has 0 aliphatic heterocycles. The number of nitrogens with two attached hydrogens (primary N) is 1. The van der Waals surface area contributed by atoms with Crippen molar-refractivity contribution >= 4 is 22.4 Å². The third-order valence-electron chi connectivity index (χ3n) is 3.27. The van der Waals surface area contributed by atoms with E-state index in [-0.39, 0.29) is 11.7 Å². The maximum atomic E-state index is 12.4. The maximum Gasteiger partial charge on any atom is 0.184 e. The van der Waals surface area contributed by atoms with Gasteiger partial charge in [-0.15, -0.1) is 0 Å². The summed E-state index contributed by atoms with van der Waals surface area (Å²) >= 11 is 0. The lowest BCUT2D eigenvalue weighted by Gasteiger charge is -2.13. The number of nitrogens with zero attached hydrogens (tertiary/aromatic N) is 1. The van der Waals surface area contributed by atoms with Crippen LogP contribution in [0, 0.1) is 11.8 Å². The van der Waals surface area contributed by atoms with Gasteiger partial charge in [0.25, 0.3) is 0 Å². The Morgan fingerprint density at radius 3 is 2.63 bits per heavy atom. The highest BCUT2D eigenvalue weighted by molar-refractivity contribution is 6.01. The zero-order valence-corrected chi connectivity index (χ0v) is 11.7. The van der Waals surface area contributed by atoms with Crippen molar-refractivity contribution in [3.05, 3.63) is 36.0 Å². The molecule has 0 aliphatic carbocycles. The number of rotatable bonds is 4. The number of anilines is 1. The van der Waals surface area contributed by atoms with E-state index in [1.165, 1.54) is 0 Å². The second-order valence-electron chi connectivity index (χ2n) is 5.51. The van der Waals surface area contributed by atoms with Gasteiger partial charge in [0.2, 0.25) is 0 Å². The van der Waals surface area contributed by atoms with Crippen molar-refractivity contribution in [1.82, 2.24) is 4.98 Å². The quantitative estimate of drug-likeness (QED) is 0.849. The summed E-state index contributed by atoms with van der Waals surface area (Å²) in [5, 5.41) is 0.899. The van der Waals surface area contributed by atoms with Crippen LogP contribution in [0.1, 0.15) is 37.7 Å². The van der Waals surface area contributed by atoms with Gasteiger partial charge in [-0.25, -0.2) is 4.98 Å². The summed E-state index contributed by atoms with van der Waals surface area (Å²) in [6.07, 6.45) is 0.868. The van der Waals surface area contributed by atoms with Gasteiger partial charge in [0.05, 0.1) is 5.52 Å². The van der Waals surface area contributed by atoms with Crippen LogP contribution < -0.4 is 5.73 Å². The van der Waals surface area contributed by atoms with Gasteiger partial charge in [0.1, 0.15) is 5.69 Å². The first-order chi connectivity index (χ1) is 8.99. The Bertz CT molecular complexity index is 605. The summed E-state index contributed by atoms with van der Waals surface area (Å²) in [7, 11) is 0. The van der Waals surface area contributed by atoms with E-state index < -0.39 is 0 Å². The number of aromatic nitrogens is 1. The van der Waals surface area contributed by atoms with Crippen LogP contribution in [0.2, 0.25) is 0 Å². The summed E-state index contributed by atoms with van der Waals surface area (Å²) in [5.41, 5.74) is 7.88. The molecule has 2 N–H and O–H groups in total. The van der Waals surface area contributed by atoms with Crippen LogP contribution in [0.15, 0.2) is 30.3 Å². The molecule has 1 heterocycles. The van der Waals surface area contributed by atoms with Crippen LogP contribution in [0.5, 0.6) is 0 Å². The van der Waals surface area contributed by atoms with E-state index in [0.717, 1.165) is 17.3 Å². The number of fused-ring (bicyclic) bond motifs is 1. The third kappa shape index (κ3) is 2.92. The van der Waals surface area contributed by atoms with Crippen molar-refractivity contribution in [2.45, 2.75) is 27.2 Å². The minimum atomic E-state index is -0.0203. The molecule has 1 aromatic heterocycles. The minimum Gasteiger partial charge on any atom is -0.398 e. The van der Waals surface area contributed by atoms with Crippen LogP contribution in [0.3, 0.4) is 0 Å². The van der Waals surface area contributed by atoms with E-state index in [9.17, 15) is 4.79 Å². The molecule has 0 spiro atoms. The van der Waals surface area contributed by atoms with Crippen LogP contribution in [-0.4, -0.2) is 10.8 Å². The van der Waals surface area contributed by atoms with Crippen LogP contribution >= 0.6 is 0 Å². The molecule has 2 rings (SSSR count). The fourth-order valence-electron chi connectivity index (χ4n) is 2.40. The first-order valence-corrected chi connectivity index (χ1v) is 6.68. The molecule has 0 saturated heterocycles. The maximum absolute atomic E-state index is 12.4. The van der Waals surface area contributed by atoms with Crippen molar-refractivity contribution in [3.8, 4) is 0 Å². The molecule has 2 aromatic rings. The van der Waals surface area contributed by atoms with Crippen molar-refractivity contribution in [2.24, 2.45) is 11.8 Å². The summed E-state index contributed by atoms with van der Waals surface area (Å²) in [6, 6.07) is 9.32. The molecule has 0 aliphatic rings. The average molecular weight is 256 g/mol. The van der Waals surface area contributed by atoms with Crippen LogP contribution in [0.4, 0.5) is 5.69 Å². The SMILES string of the molecule is CC(C)CC(C)C(=O)c1cc(N)c2ccccc2n1. The number of Topliss-reactive ketones (excluding diaryl/α,β-unsaturated/α-hetero) is 1. The second-order valence-corrected chi connectivity index (χ2v) is 5.51. The molecule has 1 unspecified atom stereocenters. The molecular weight excluding hydrogens is 236 g/mol. The van der Waals surface area contributed by atoms with E-state index in [1.54, 1.807) is 6.07 Å². The Morgan fingerprint density at radius 1 is 1.26 bits per heavy atom. The highest BCUT2D eigenvalue weighted by Crippen LogP contribution is 2.23. The smallest absolute Gasteiger partial charge is 0.184 e. The summed E-state index contributed by atoms with van der Waals surface area (Å²) < 4.78 is 0. The molecule has 0 saturated carbocycles. The average Bonchev–Trinajstić information content (AvgIpc) is 2.37. The van der Waals surface area contributed by atoms with Gasteiger partial charge in [0.15, 0.2) is 5.78 Å². The minimum absolute atomic E-state index is 0.0203. The third-order valence-corrected chi connectivity index (χ3v) is 3.27. The zero-order chi connectivity index (χ0) is 14.0. The number of ketones is 1. The lowest BCUT2D eigenvalue weighted by atomic mass is 9.93. The molecular formula is C16H20N2O. The first-order valence-electron chi connectivity index (χ1n) is 6.68. The van der Waals surface area contributed by atoms with E-state index in [2.05, 4.69) is 18.8 Å². The predicted octanol–water partition coefficient (Wildman–Crippen LogP) is 3.68. The standard InChI is InChI=1S/C16H20N2O/c1-10(2)8-11(3)16(19)15-9-13(17)12-6-4-5-7-14(12)18-15/h4-7,9-11H,8H2,1-3H3,(H2,17,18). The monoisotopic (exact) mass is 256 g/mol. The van der Waals surface area contributed by atoms with E-state index in [0.29, 0.717) is 17.3 Å². The molecule has 0 radical (unpaired) electrons. The van der Waals surface area contributed by atoms with Crippen LogP contribution in [0.25, 0.3) is 10.9 Å². The molecule has 19 heavy (non-hydrogen) atoms. The van der Waals surface area contributed by atoms with Crippen molar-refractivity contribution in [1.29, 1.82) is 0 Å². The number of nitrogen functional groups attached to an aromatic ring is 1. The number of carbonyl (C=O) groups excluding carboxylic acids is 1. The zero-order valence-electron chi connectivity index (χ0n) is 11.7. The fraction of sp³-hybridized carbons (Fsp3) is 0.375.